The van der Waals surface area contributed by atoms with Crippen LogP contribution in [0.4, 0.5) is 0 Å². The fourth-order valence-corrected chi connectivity index (χ4v) is 1.52. The van der Waals surface area contributed by atoms with Crippen LogP contribution in [0, 0.1) is 5.92 Å². The minimum Gasteiger partial charge on any atom is -0.496 e. The Bertz CT molecular complexity index is 180. The van der Waals surface area contributed by atoms with Gasteiger partial charge in [-0.1, -0.05) is 20.3 Å². The van der Waals surface area contributed by atoms with E-state index in [-0.39, 0.29) is 6.04 Å². The van der Waals surface area contributed by atoms with E-state index < -0.39 is 0 Å². The summed E-state index contributed by atoms with van der Waals surface area (Å²) >= 11 is 0. The summed E-state index contributed by atoms with van der Waals surface area (Å²) in [6.45, 7) is 5.25. The van der Waals surface area contributed by atoms with Gasteiger partial charge in [0, 0.05) is 6.42 Å². The van der Waals surface area contributed by atoms with Crippen LogP contribution in [0.5, 0.6) is 0 Å². The van der Waals surface area contributed by atoms with Gasteiger partial charge in [-0.3, -0.25) is 5.84 Å². The highest BCUT2D eigenvalue weighted by atomic mass is 16.5. The fourth-order valence-electron chi connectivity index (χ4n) is 1.52. The molecule has 0 aromatic carbocycles. The molecule has 13 heavy (non-hydrogen) atoms. The summed E-state index contributed by atoms with van der Waals surface area (Å²) < 4.78 is 5.47. The van der Waals surface area contributed by atoms with Crippen LogP contribution < -0.4 is 11.3 Å². The molecule has 2 unspecified atom stereocenters. The molecule has 0 radical (unpaired) electrons. The van der Waals surface area contributed by atoms with Crippen molar-refractivity contribution >= 4 is 0 Å². The van der Waals surface area contributed by atoms with Gasteiger partial charge in [0.15, 0.2) is 0 Å². The van der Waals surface area contributed by atoms with Crippen molar-refractivity contribution in [1.29, 1.82) is 0 Å². The van der Waals surface area contributed by atoms with Crippen LogP contribution in [0.3, 0.4) is 0 Å². The third-order valence-corrected chi connectivity index (χ3v) is 2.61. The zero-order valence-corrected chi connectivity index (χ0v) is 8.55. The summed E-state index contributed by atoms with van der Waals surface area (Å²) in [4.78, 5) is 0. The Morgan fingerprint density at radius 2 is 2.46 bits per heavy atom. The largest absolute Gasteiger partial charge is 0.496 e. The van der Waals surface area contributed by atoms with E-state index >= 15 is 0 Å². The van der Waals surface area contributed by atoms with Crippen LogP contribution in [-0.2, 0) is 4.74 Å². The molecular formula is C10H20N2O. The van der Waals surface area contributed by atoms with Crippen LogP contribution in [-0.4, -0.2) is 12.6 Å². The zero-order chi connectivity index (χ0) is 9.68. The van der Waals surface area contributed by atoms with Crippen LogP contribution in [0.15, 0.2) is 11.8 Å². The maximum atomic E-state index is 5.48. The van der Waals surface area contributed by atoms with Crippen LogP contribution >= 0.6 is 0 Å². The molecule has 3 nitrogen and oxygen atoms in total. The minimum atomic E-state index is 0.206. The lowest BCUT2D eigenvalue weighted by Crippen LogP contribution is -2.38. The van der Waals surface area contributed by atoms with Gasteiger partial charge in [0.25, 0.3) is 0 Å². The van der Waals surface area contributed by atoms with E-state index in [0.717, 1.165) is 25.2 Å². The zero-order valence-electron chi connectivity index (χ0n) is 8.55. The highest BCUT2D eigenvalue weighted by molar-refractivity contribution is 5.06. The molecule has 0 amide bonds. The third kappa shape index (κ3) is 3.01. The molecule has 1 aliphatic heterocycles. The van der Waals surface area contributed by atoms with Gasteiger partial charge in [-0.15, -0.1) is 0 Å². The predicted molar refractivity (Wildman–Crippen MR) is 53.8 cm³/mol. The maximum Gasteiger partial charge on any atom is 0.110 e. The lowest BCUT2D eigenvalue weighted by Gasteiger charge is -2.20. The molecule has 0 saturated heterocycles. The maximum absolute atomic E-state index is 5.48. The fraction of sp³-hybridized carbons (Fsp3) is 0.800. The van der Waals surface area contributed by atoms with Gasteiger partial charge in [-0.2, -0.15) is 0 Å². The molecule has 0 aromatic rings. The number of rotatable bonds is 5. The molecule has 0 bridgehead atoms. The molecule has 3 N–H and O–H groups in total. The Labute approximate surface area is 80.3 Å². The molecule has 3 heteroatoms. The summed E-state index contributed by atoms with van der Waals surface area (Å²) in [5.41, 5.74) is 2.82. The Kier molecular flexibility index (Phi) is 4.25. The van der Waals surface area contributed by atoms with Crippen molar-refractivity contribution in [2.24, 2.45) is 11.8 Å². The van der Waals surface area contributed by atoms with Crippen molar-refractivity contribution in [3.63, 3.8) is 0 Å². The van der Waals surface area contributed by atoms with E-state index in [0.29, 0.717) is 5.92 Å². The smallest absolute Gasteiger partial charge is 0.110 e. The molecule has 1 aliphatic rings. The van der Waals surface area contributed by atoms with Crippen molar-refractivity contribution in [2.75, 3.05) is 6.61 Å². The van der Waals surface area contributed by atoms with Gasteiger partial charge >= 0.3 is 0 Å². The summed E-state index contributed by atoms with van der Waals surface area (Å²) in [6, 6.07) is 0.206. The Balaban J connectivity index is 2.42. The summed E-state index contributed by atoms with van der Waals surface area (Å²) in [6.07, 6.45) is 5.39. The summed E-state index contributed by atoms with van der Waals surface area (Å²) in [5, 5.41) is 0. The van der Waals surface area contributed by atoms with Gasteiger partial charge < -0.3 is 4.74 Å². The number of ether oxygens (including phenoxy) is 1. The number of hydrogen-bond acceptors (Lipinski definition) is 3. The van der Waals surface area contributed by atoms with Crippen molar-refractivity contribution in [1.82, 2.24) is 5.43 Å². The second-order valence-corrected chi connectivity index (χ2v) is 3.71. The van der Waals surface area contributed by atoms with Crippen molar-refractivity contribution in [3.05, 3.63) is 11.8 Å². The normalized spacial score (nSPS) is 20.7. The quantitative estimate of drug-likeness (QED) is 0.503. The number of hydrogen-bond donors (Lipinski definition) is 2. The standard InChI is InChI=1S/C10H20N2O/c1-3-8(2)7-9(12-11)10-5-4-6-13-10/h5,8-9,12H,3-4,6-7,11H2,1-2H3. The van der Waals surface area contributed by atoms with E-state index in [1.807, 2.05) is 0 Å². The monoisotopic (exact) mass is 184 g/mol. The van der Waals surface area contributed by atoms with Gasteiger partial charge in [0.1, 0.15) is 5.76 Å². The molecule has 0 fully saturated rings. The molecule has 0 spiro atoms. The Morgan fingerprint density at radius 1 is 1.69 bits per heavy atom. The van der Waals surface area contributed by atoms with Crippen LogP contribution in [0.2, 0.25) is 0 Å². The highest BCUT2D eigenvalue weighted by Gasteiger charge is 2.19. The lowest BCUT2D eigenvalue weighted by molar-refractivity contribution is 0.205. The molecule has 76 valence electrons. The van der Waals surface area contributed by atoms with Gasteiger partial charge in [0.05, 0.1) is 12.6 Å². The van der Waals surface area contributed by atoms with E-state index in [1.165, 1.54) is 6.42 Å². The lowest BCUT2D eigenvalue weighted by atomic mass is 9.98. The van der Waals surface area contributed by atoms with Gasteiger partial charge in [0.2, 0.25) is 0 Å². The van der Waals surface area contributed by atoms with Crippen molar-refractivity contribution in [3.8, 4) is 0 Å². The predicted octanol–water partition coefficient (Wildman–Crippen LogP) is 1.56. The van der Waals surface area contributed by atoms with E-state index in [1.54, 1.807) is 0 Å². The van der Waals surface area contributed by atoms with E-state index in [4.69, 9.17) is 10.6 Å². The van der Waals surface area contributed by atoms with E-state index in [9.17, 15) is 0 Å². The topological polar surface area (TPSA) is 47.3 Å². The number of nitrogens with one attached hydrogen (secondary N) is 1. The Hall–Kier alpha value is -0.540. The highest BCUT2D eigenvalue weighted by Crippen LogP contribution is 2.19. The SMILES string of the molecule is CCC(C)CC(NN)C1=CCCO1. The molecule has 2 atom stereocenters. The second-order valence-electron chi connectivity index (χ2n) is 3.71. The first-order chi connectivity index (χ1) is 6.27. The first-order valence-electron chi connectivity index (χ1n) is 5.06. The third-order valence-electron chi connectivity index (χ3n) is 2.61. The summed E-state index contributed by atoms with van der Waals surface area (Å²) in [7, 11) is 0. The molecule has 0 saturated carbocycles. The molecule has 0 aliphatic carbocycles. The first-order valence-corrected chi connectivity index (χ1v) is 5.06. The average molecular weight is 184 g/mol. The molecular weight excluding hydrogens is 164 g/mol. The van der Waals surface area contributed by atoms with Crippen molar-refractivity contribution < 1.29 is 4.74 Å². The average Bonchev–Trinajstić information content (AvgIpc) is 2.66. The number of hydrazine groups is 1. The van der Waals surface area contributed by atoms with Crippen molar-refractivity contribution in [2.45, 2.75) is 39.2 Å². The van der Waals surface area contributed by atoms with Gasteiger partial charge in [-0.25, -0.2) is 5.43 Å². The van der Waals surface area contributed by atoms with Crippen LogP contribution in [0.25, 0.3) is 0 Å². The van der Waals surface area contributed by atoms with Crippen LogP contribution in [0.1, 0.15) is 33.1 Å². The Morgan fingerprint density at radius 3 is 2.92 bits per heavy atom. The second kappa shape index (κ2) is 5.25. The molecule has 1 heterocycles. The summed E-state index contributed by atoms with van der Waals surface area (Å²) in [5.74, 6) is 7.20. The molecule has 0 aromatic heterocycles. The van der Waals surface area contributed by atoms with E-state index in [2.05, 4.69) is 25.3 Å². The number of nitrogens with two attached hydrogens (primary N) is 1. The molecule has 1 rings (SSSR count). The first kappa shape index (κ1) is 10.5. The minimum absolute atomic E-state index is 0.206. The van der Waals surface area contributed by atoms with Gasteiger partial charge in [-0.05, 0) is 18.4 Å².